The van der Waals surface area contributed by atoms with Crippen molar-refractivity contribution < 1.29 is 0 Å². The van der Waals surface area contributed by atoms with E-state index >= 15 is 0 Å². The van der Waals surface area contributed by atoms with Gasteiger partial charge >= 0.3 is 0 Å². The molecule has 0 rings (SSSR count). The Morgan fingerprint density at radius 2 is 1.00 bits per heavy atom. The lowest BCUT2D eigenvalue weighted by atomic mass is 10.2. The van der Waals surface area contributed by atoms with Gasteiger partial charge in [-0.1, -0.05) is 46.5 Å². The summed E-state index contributed by atoms with van der Waals surface area (Å²) in [6.07, 6.45) is 5.54. The molecule has 0 nitrogen and oxygen atoms in total. The van der Waals surface area contributed by atoms with Crippen molar-refractivity contribution in [1.82, 2.24) is 0 Å². The molecule has 0 aromatic rings. The highest BCUT2D eigenvalue weighted by Crippen LogP contribution is 1.95. The summed E-state index contributed by atoms with van der Waals surface area (Å²) in [5.41, 5.74) is 0. The summed E-state index contributed by atoms with van der Waals surface area (Å²) in [5, 5.41) is 1.39. The SMILES string of the molecule is CCCCCC.C[CH2][AlH2].Cl.Cl. The normalized spacial score (nSPS) is 6.45. The third-order valence-electron chi connectivity index (χ3n) is 0.957. The minimum atomic E-state index is 0. The molecule has 0 N–H and O–H groups in total. The topological polar surface area (TPSA) is 0 Å². The van der Waals surface area contributed by atoms with Crippen LogP contribution in [0.15, 0.2) is 0 Å². The van der Waals surface area contributed by atoms with Gasteiger partial charge in [-0.25, -0.2) is 0 Å². The molecule has 0 atom stereocenters. The van der Waals surface area contributed by atoms with Crippen LogP contribution in [0.2, 0.25) is 5.28 Å². The van der Waals surface area contributed by atoms with Gasteiger partial charge < -0.3 is 0 Å². The van der Waals surface area contributed by atoms with Crippen molar-refractivity contribution in [3.8, 4) is 0 Å². The molecule has 72 valence electrons. The second-order valence-corrected chi connectivity index (χ2v) is 3.83. The van der Waals surface area contributed by atoms with Crippen LogP contribution in [-0.4, -0.2) is 16.3 Å². The maximum Gasteiger partial charge on any atom is 0.211 e. The maximum absolute atomic E-state index is 2.23. The molecule has 0 aromatic heterocycles. The summed E-state index contributed by atoms with van der Waals surface area (Å²) in [6.45, 7) is 6.65. The first-order valence-corrected chi connectivity index (χ1v) is 5.74. The van der Waals surface area contributed by atoms with Gasteiger partial charge in [-0.05, 0) is 0 Å². The Balaban J connectivity index is -0.0000000437. The molecule has 0 aromatic carbocycles. The first-order valence-electron chi connectivity index (χ1n) is 4.33. The average molecular weight is 217 g/mol. The molecule has 0 amide bonds. The van der Waals surface area contributed by atoms with E-state index in [4.69, 9.17) is 0 Å². The Morgan fingerprint density at radius 1 is 0.818 bits per heavy atom. The van der Waals surface area contributed by atoms with Crippen LogP contribution >= 0.6 is 24.8 Å². The van der Waals surface area contributed by atoms with Crippen LogP contribution < -0.4 is 0 Å². The van der Waals surface area contributed by atoms with Crippen molar-refractivity contribution in [2.24, 2.45) is 0 Å². The second kappa shape index (κ2) is 30.4. The molecule has 0 heterocycles. The Kier molecular flexibility index (Phi) is 62.8. The van der Waals surface area contributed by atoms with Gasteiger partial charge in [0, 0.05) is 0 Å². The molecular weight excluding hydrogens is 194 g/mol. The summed E-state index contributed by atoms with van der Waals surface area (Å²) in [5.74, 6) is 0. The number of hydrogen-bond acceptors (Lipinski definition) is 0. The molecule has 0 bridgehead atoms. The molecule has 0 unspecified atom stereocenters. The van der Waals surface area contributed by atoms with Crippen LogP contribution in [0, 0.1) is 0 Å². The third kappa shape index (κ3) is 54.6. The molecule has 0 radical (unpaired) electrons. The zero-order valence-electron chi connectivity index (χ0n) is 8.35. The largest absolute Gasteiger partial charge is 0.211 e. The highest BCUT2D eigenvalue weighted by Gasteiger charge is 1.75. The first kappa shape index (κ1) is 22.7. The summed E-state index contributed by atoms with van der Waals surface area (Å²) in [6, 6.07) is 0. The van der Waals surface area contributed by atoms with Gasteiger partial charge in [-0.2, -0.15) is 0 Å². The smallest absolute Gasteiger partial charge is 0.147 e. The molecule has 3 heteroatoms. The van der Waals surface area contributed by atoms with Crippen molar-refractivity contribution in [3.05, 3.63) is 0 Å². The zero-order chi connectivity index (χ0) is 7.54. The van der Waals surface area contributed by atoms with E-state index in [1.807, 2.05) is 0 Å². The van der Waals surface area contributed by atoms with Gasteiger partial charge in [-0.15, -0.1) is 30.1 Å². The van der Waals surface area contributed by atoms with Crippen molar-refractivity contribution in [2.45, 2.75) is 51.7 Å². The zero-order valence-corrected chi connectivity index (χ0v) is 12.0. The molecule has 0 spiro atoms. The average Bonchev–Trinajstić information content (AvgIpc) is 1.86. The van der Waals surface area contributed by atoms with E-state index in [9.17, 15) is 0 Å². The Labute approximate surface area is 92.8 Å². The van der Waals surface area contributed by atoms with Crippen LogP contribution in [0.1, 0.15) is 46.5 Å². The van der Waals surface area contributed by atoms with Crippen molar-refractivity contribution in [2.75, 3.05) is 0 Å². The van der Waals surface area contributed by atoms with Gasteiger partial charge in [0.1, 0.15) is 0 Å². The van der Waals surface area contributed by atoms with Crippen LogP contribution in [-0.2, 0) is 0 Å². The van der Waals surface area contributed by atoms with Gasteiger partial charge in [0.25, 0.3) is 0 Å². The standard InChI is InChI=1S/C6H14.C2H5.Al.2ClH.2H/c1-3-5-6-4-2;1-2;;;;;/h3-6H2,1-2H3;1H2,2H3;;2*1H;;. The molecule has 11 heavy (non-hydrogen) atoms. The van der Waals surface area contributed by atoms with Crippen molar-refractivity contribution in [3.63, 3.8) is 0 Å². The molecule has 0 aliphatic rings. The number of unbranched alkanes of at least 4 members (excludes halogenated alkanes) is 3. The van der Waals surface area contributed by atoms with E-state index in [0.717, 1.165) is 0 Å². The number of hydrogen-bond donors (Lipinski definition) is 0. The molecule has 0 aliphatic carbocycles. The number of rotatable bonds is 3. The maximum atomic E-state index is 2.23. The lowest BCUT2D eigenvalue weighted by Gasteiger charge is -1.86. The van der Waals surface area contributed by atoms with Crippen molar-refractivity contribution in [1.29, 1.82) is 0 Å². The summed E-state index contributed by atoms with van der Waals surface area (Å²) in [4.78, 5) is 0. The third-order valence-corrected chi connectivity index (χ3v) is 0.957. The van der Waals surface area contributed by atoms with E-state index in [2.05, 4.69) is 20.8 Å². The van der Waals surface area contributed by atoms with E-state index in [1.165, 1.54) is 47.3 Å². The lowest BCUT2D eigenvalue weighted by molar-refractivity contribution is 0.702. The predicted molar refractivity (Wildman–Crippen MR) is 63.3 cm³/mol. The van der Waals surface area contributed by atoms with Crippen LogP contribution in [0.4, 0.5) is 0 Å². The Morgan fingerprint density at radius 3 is 1.09 bits per heavy atom. The fourth-order valence-electron chi connectivity index (χ4n) is 0.500. The van der Waals surface area contributed by atoms with Gasteiger partial charge in [0.2, 0.25) is 16.3 Å². The highest BCUT2D eigenvalue weighted by molar-refractivity contribution is 6.08. The Bertz CT molecular complexity index is 31.3. The van der Waals surface area contributed by atoms with E-state index in [-0.39, 0.29) is 24.8 Å². The van der Waals surface area contributed by atoms with Gasteiger partial charge in [-0.3, -0.25) is 0 Å². The monoisotopic (exact) mass is 216 g/mol. The van der Waals surface area contributed by atoms with E-state index < -0.39 is 0 Å². The van der Waals surface area contributed by atoms with Gasteiger partial charge in [0.05, 0.1) is 0 Å². The van der Waals surface area contributed by atoms with Crippen molar-refractivity contribution >= 4 is 41.1 Å². The molecular formula is C8H23AlCl2. The lowest BCUT2D eigenvalue weighted by Crippen LogP contribution is -1.66. The van der Waals surface area contributed by atoms with Crippen LogP contribution in [0.5, 0.6) is 0 Å². The second-order valence-electron chi connectivity index (χ2n) is 2.41. The van der Waals surface area contributed by atoms with Gasteiger partial charge in [0.15, 0.2) is 0 Å². The van der Waals surface area contributed by atoms with Crippen LogP contribution in [0.3, 0.4) is 0 Å². The van der Waals surface area contributed by atoms with E-state index in [1.54, 1.807) is 0 Å². The highest BCUT2D eigenvalue weighted by atomic mass is 35.5. The molecule has 0 fully saturated rings. The first-order chi connectivity index (χ1) is 4.33. The minimum Gasteiger partial charge on any atom is -0.147 e. The summed E-state index contributed by atoms with van der Waals surface area (Å²) < 4.78 is 0. The van der Waals surface area contributed by atoms with Crippen LogP contribution in [0.25, 0.3) is 0 Å². The molecule has 0 aliphatic heterocycles. The fraction of sp³-hybridized carbons (Fsp3) is 1.00. The Hall–Kier alpha value is 1.11. The predicted octanol–water partition coefficient (Wildman–Crippen LogP) is 3.49. The van der Waals surface area contributed by atoms with E-state index in [0.29, 0.717) is 0 Å². The minimum absolute atomic E-state index is 0. The molecule has 0 saturated heterocycles. The summed E-state index contributed by atoms with van der Waals surface area (Å²) in [7, 11) is 0. The fourth-order valence-corrected chi connectivity index (χ4v) is 0.500. The number of halogens is 2. The quantitative estimate of drug-likeness (QED) is 0.501. The molecule has 0 saturated carbocycles. The summed E-state index contributed by atoms with van der Waals surface area (Å²) >= 11 is 1.37.